The molecule has 2 aromatic carbocycles. The first-order valence-electron chi connectivity index (χ1n) is 6.87. The topological polar surface area (TPSA) is 89.1 Å². The molecule has 0 atom stereocenters. The van der Waals surface area contributed by atoms with Crippen LogP contribution in [0.3, 0.4) is 0 Å². The number of hydrogen-bond acceptors (Lipinski definition) is 5. The highest BCUT2D eigenvalue weighted by Gasteiger charge is 2.11. The predicted molar refractivity (Wildman–Crippen MR) is 99.0 cm³/mol. The van der Waals surface area contributed by atoms with Gasteiger partial charge in [0.2, 0.25) is 4.77 Å². The average Bonchev–Trinajstić information content (AvgIpc) is 2.94. The smallest absolute Gasteiger partial charge is 0.258 e. The van der Waals surface area contributed by atoms with Gasteiger partial charge in [-0.1, -0.05) is 35.3 Å². The normalized spacial score (nSPS) is 11.1. The summed E-state index contributed by atoms with van der Waals surface area (Å²) in [4.78, 5) is 10.4. The van der Waals surface area contributed by atoms with Gasteiger partial charge in [0.1, 0.15) is 0 Å². The van der Waals surface area contributed by atoms with Crippen molar-refractivity contribution in [3.05, 3.63) is 73.0 Å². The second kappa shape index (κ2) is 7.14. The minimum absolute atomic E-state index is 0.0864. The van der Waals surface area contributed by atoms with E-state index < -0.39 is 4.92 Å². The van der Waals surface area contributed by atoms with E-state index in [1.807, 2.05) is 6.07 Å². The molecule has 0 aliphatic heterocycles. The lowest BCUT2D eigenvalue weighted by Crippen LogP contribution is -1.96. The van der Waals surface area contributed by atoms with Gasteiger partial charge in [-0.25, -0.2) is 5.10 Å². The van der Waals surface area contributed by atoms with Crippen molar-refractivity contribution < 1.29 is 4.92 Å². The van der Waals surface area contributed by atoms with Gasteiger partial charge in [-0.2, -0.15) is 14.9 Å². The molecule has 0 aliphatic rings. The van der Waals surface area contributed by atoms with Gasteiger partial charge in [0.25, 0.3) is 5.69 Å². The fourth-order valence-corrected chi connectivity index (χ4v) is 2.61. The van der Waals surface area contributed by atoms with Gasteiger partial charge < -0.3 is 0 Å². The monoisotopic (exact) mass is 393 g/mol. The first kappa shape index (κ1) is 17.3. The molecule has 0 radical (unpaired) electrons. The van der Waals surface area contributed by atoms with E-state index in [0.29, 0.717) is 27.0 Å². The number of nitrogens with one attached hydrogen (secondary N) is 1. The Morgan fingerprint density at radius 3 is 2.80 bits per heavy atom. The number of rotatable bonds is 4. The van der Waals surface area contributed by atoms with Gasteiger partial charge in [0.15, 0.2) is 5.82 Å². The third-order valence-electron chi connectivity index (χ3n) is 3.24. The van der Waals surface area contributed by atoms with Gasteiger partial charge in [-0.05, 0) is 30.4 Å². The average molecular weight is 394 g/mol. The van der Waals surface area contributed by atoms with Crippen LogP contribution in [0.2, 0.25) is 10.0 Å². The third kappa shape index (κ3) is 3.76. The Bertz CT molecular complexity index is 1040. The van der Waals surface area contributed by atoms with Crippen molar-refractivity contribution in [2.45, 2.75) is 0 Å². The highest BCUT2D eigenvalue weighted by molar-refractivity contribution is 7.71. The van der Waals surface area contributed by atoms with Crippen molar-refractivity contribution >= 4 is 47.3 Å². The number of nitro benzene ring substituents is 1. The van der Waals surface area contributed by atoms with E-state index in [4.69, 9.17) is 35.4 Å². The maximum atomic E-state index is 10.9. The Labute approximate surface area is 156 Å². The fraction of sp³-hybridized carbons (Fsp3) is 0. The summed E-state index contributed by atoms with van der Waals surface area (Å²) in [6.07, 6.45) is 1.38. The van der Waals surface area contributed by atoms with Crippen molar-refractivity contribution in [1.82, 2.24) is 14.9 Å². The summed E-state index contributed by atoms with van der Waals surface area (Å²) in [6, 6.07) is 11.1. The number of nitrogens with zero attached hydrogens (tertiary/aromatic N) is 4. The van der Waals surface area contributed by atoms with Gasteiger partial charge in [-0.15, -0.1) is 0 Å². The molecule has 126 valence electrons. The lowest BCUT2D eigenvalue weighted by atomic mass is 10.2. The van der Waals surface area contributed by atoms with Crippen LogP contribution in [0.4, 0.5) is 5.69 Å². The van der Waals surface area contributed by atoms with E-state index in [9.17, 15) is 10.1 Å². The zero-order valence-electron chi connectivity index (χ0n) is 12.4. The van der Waals surface area contributed by atoms with Gasteiger partial charge >= 0.3 is 0 Å². The van der Waals surface area contributed by atoms with Crippen LogP contribution in [0.15, 0.2) is 47.6 Å². The van der Waals surface area contributed by atoms with Crippen molar-refractivity contribution in [3.8, 4) is 11.4 Å². The molecule has 0 bridgehead atoms. The number of aromatic nitrogens is 3. The van der Waals surface area contributed by atoms with Crippen molar-refractivity contribution in [3.63, 3.8) is 0 Å². The molecular weight excluding hydrogens is 385 g/mol. The Morgan fingerprint density at radius 2 is 2.08 bits per heavy atom. The van der Waals surface area contributed by atoms with E-state index in [1.54, 1.807) is 18.2 Å². The standard InChI is InChI=1S/C15H9Cl2N5O2S/c16-11-3-1-2-9(6-11)14-19-20-15(25)21(14)18-8-10-7-12(22(23)24)4-5-13(10)17/h1-8H,(H,20,25)/b18-8+. The Kier molecular flexibility index (Phi) is 4.93. The highest BCUT2D eigenvalue weighted by Crippen LogP contribution is 2.23. The first-order chi connectivity index (χ1) is 12.0. The molecule has 7 nitrogen and oxygen atoms in total. The molecule has 10 heteroatoms. The van der Waals surface area contributed by atoms with E-state index in [-0.39, 0.29) is 10.5 Å². The van der Waals surface area contributed by atoms with E-state index in [2.05, 4.69) is 15.3 Å². The van der Waals surface area contributed by atoms with Crippen LogP contribution in [-0.4, -0.2) is 26.0 Å². The van der Waals surface area contributed by atoms with Crippen LogP contribution in [0.25, 0.3) is 11.4 Å². The molecule has 0 fully saturated rings. The third-order valence-corrected chi connectivity index (χ3v) is 4.08. The Hall–Kier alpha value is -2.55. The molecule has 1 N–H and O–H groups in total. The van der Waals surface area contributed by atoms with Crippen molar-refractivity contribution in [2.24, 2.45) is 5.10 Å². The predicted octanol–water partition coefficient (Wildman–Crippen LogP) is 4.70. The van der Waals surface area contributed by atoms with Gasteiger partial charge in [0.05, 0.1) is 11.1 Å². The van der Waals surface area contributed by atoms with E-state index >= 15 is 0 Å². The molecule has 3 aromatic rings. The summed E-state index contributed by atoms with van der Waals surface area (Å²) in [6.45, 7) is 0. The fourth-order valence-electron chi connectivity index (χ4n) is 2.08. The Morgan fingerprint density at radius 1 is 1.28 bits per heavy atom. The summed E-state index contributed by atoms with van der Waals surface area (Å²) in [5.41, 5.74) is 1.01. The lowest BCUT2D eigenvalue weighted by molar-refractivity contribution is -0.384. The van der Waals surface area contributed by atoms with Crippen molar-refractivity contribution in [2.75, 3.05) is 0 Å². The molecule has 3 rings (SSSR count). The Balaban J connectivity index is 2.03. The summed E-state index contributed by atoms with van der Waals surface area (Å²) in [5, 5.41) is 22.8. The van der Waals surface area contributed by atoms with Crippen LogP contribution in [0.5, 0.6) is 0 Å². The minimum atomic E-state index is -0.505. The number of non-ortho nitro benzene ring substituents is 1. The van der Waals surface area contributed by atoms with Crippen LogP contribution in [-0.2, 0) is 0 Å². The molecule has 0 aliphatic carbocycles. The zero-order valence-corrected chi connectivity index (χ0v) is 14.7. The molecule has 0 amide bonds. The molecule has 1 aromatic heterocycles. The second-order valence-electron chi connectivity index (χ2n) is 4.88. The van der Waals surface area contributed by atoms with Crippen LogP contribution < -0.4 is 0 Å². The second-order valence-corrected chi connectivity index (χ2v) is 6.11. The number of nitro groups is 1. The van der Waals surface area contributed by atoms with Crippen LogP contribution in [0.1, 0.15) is 5.56 Å². The number of halogens is 2. The molecule has 1 heterocycles. The summed E-state index contributed by atoms with van der Waals surface area (Å²) in [7, 11) is 0. The van der Waals surface area contributed by atoms with Crippen LogP contribution >= 0.6 is 35.4 Å². The number of H-pyrrole nitrogens is 1. The quantitative estimate of drug-likeness (QED) is 0.301. The van der Waals surface area contributed by atoms with E-state index in [1.165, 1.54) is 29.1 Å². The van der Waals surface area contributed by atoms with Gasteiger partial charge in [0, 0.05) is 33.3 Å². The van der Waals surface area contributed by atoms with Crippen molar-refractivity contribution in [1.29, 1.82) is 0 Å². The molecule has 0 unspecified atom stereocenters. The molecular formula is C15H9Cl2N5O2S. The first-order valence-corrected chi connectivity index (χ1v) is 8.04. The molecule has 0 saturated carbocycles. The zero-order chi connectivity index (χ0) is 18.0. The SMILES string of the molecule is O=[N+]([O-])c1ccc(Cl)c(/C=N/n2c(-c3cccc(Cl)c3)n[nH]c2=S)c1. The summed E-state index contributed by atoms with van der Waals surface area (Å²) in [5.74, 6) is 0.449. The molecule has 0 saturated heterocycles. The highest BCUT2D eigenvalue weighted by atomic mass is 35.5. The van der Waals surface area contributed by atoms with Crippen LogP contribution in [0, 0.1) is 14.9 Å². The molecule has 25 heavy (non-hydrogen) atoms. The largest absolute Gasteiger partial charge is 0.270 e. The number of aromatic amines is 1. The minimum Gasteiger partial charge on any atom is -0.258 e. The summed E-state index contributed by atoms with van der Waals surface area (Å²) < 4.78 is 1.64. The van der Waals surface area contributed by atoms with Gasteiger partial charge in [-0.3, -0.25) is 10.1 Å². The number of hydrogen-bond donors (Lipinski definition) is 1. The maximum absolute atomic E-state index is 10.9. The number of benzene rings is 2. The maximum Gasteiger partial charge on any atom is 0.270 e. The summed E-state index contributed by atoms with van der Waals surface area (Å²) >= 11 is 17.2. The molecule has 0 spiro atoms. The van der Waals surface area contributed by atoms with E-state index in [0.717, 1.165) is 0 Å². The lowest BCUT2D eigenvalue weighted by Gasteiger charge is -2.02.